The first-order chi connectivity index (χ1) is 9.72. The molecular weight excluding hydrogens is 264 g/mol. The van der Waals surface area contributed by atoms with Crippen LogP contribution in [0.3, 0.4) is 0 Å². The van der Waals surface area contributed by atoms with Crippen molar-refractivity contribution in [1.82, 2.24) is 0 Å². The molecule has 0 unspecified atom stereocenters. The van der Waals surface area contributed by atoms with Crippen molar-refractivity contribution in [3.05, 3.63) is 64.7 Å². The third kappa shape index (κ3) is 2.96. The largest absolute Gasteiger partial charge is 0.293 e. The second kappa shape index (κ2) is 5.84. The number of hydrogen-bond donors (Lipinski definition) is 0. The van der Waals surface area contributed by atoms with Gasteiger partial charge >= 0.3 is 0 Å². The predicted octanol–water partition coefficient (Wildman–Crippen LogP) is 4.46. The van der Waals surface area contributed by atoms with Gasteiger partial charge in [-0.3, -0.25) is 4.79 Å². The molecule has 20 heavy (non-hydrogen) atoms. The van der Waals surface area contributed by atoms with E-state index < -0.39 is 0 Å². The van der Waals surface area contributed by atoms with Crippen molar-refractivity contribution in [3.8, 4) is 0 Å². The van der Waals surface area contributed by atoms with E-state index in [9.17, 15) is 4.79 Å². The summed E-state index contributed by atoms with van der Waals surface area (Å²) in [6, 6.07) is 14.5. The van der Waals surface area contributed by atoms with Crippen LogP contribution >= 0.6 is 11.8 Å². The molecule has 0 aliphatic heterocycles. The standard InChI is InChI=1S/C18H18OS/c1-13-5-9-17(10-6-13)20-12-18(19)16-8-7-14-3-2-4-15(14)11-16/h5-11H,2-4,12H2,1H3. The summed E-state index contributed by atoms with van der Waals surface area (Å²) in [5.74, 6) is 0.743. The van der Waals surface area contributed by atoms with E-state index in [2.05, 4.69) is 43.3 Å². The topological polar surface area (TPSA) is 17.1 Å². The smallest absolute Gasteiger partial charge is 0.173 e. The lowest BCUT2D eigenvalue weighted by molar-refractivity contribution is 0.102. The molecule has 0 atom stereocenters. The Bertz CT molecular complexity index is 628. The number of hydrogen-bond acceptors (Lipinski definition) is 2. The van der Waals surface area contributed by atoms with E-state index >= 15 is 0 Å². The van der Waals surface area contributed by atoms with Gasteiger partial charge in [0.05, 0.1) is 5.75 Å². The van der Waals surface area contributed by atoms with Gasteiger partial charge in [0.15, 0.2) is 5.78 Å². The molecule has 3 rings (SSSR count). The van der Waals surface area contributed by atoms with E-state index in [-0.39, 0.29) is 5.78 Å². The van der Waals surface area contributed by atoms with Crippen LogP contribution < -0.4 is 0 Å². The van der Waals surface area contributed by atoms with Crippen molar-refractivity contribution in [2.75, 3.05) is 5.75 Å². The lowest BCUT2D eigenvalue weighted by Gasteiger charge is -2.05. The molecule has 0 N–H and O–H groups in total. The van der Waals surface area contributed by atoms with E-state index in [1.807, 2.05) is 6.07 Å². The van der Waals surface area contributed by atoms with E-state index in [0.717, 1.165) is 16.9 Å². The molecule has 0 heterocycles. The summed E-state index contributed by atoms with van der Waals surface area (Å²) < 4.78 is 0. The number of rotatable bonds is 4. The van der Waals surface area contributed by atoms with Crippen LogP contribution in [-0.4, -0.2) is 11.5 Å². The van der Waals surface area contributed by atoms with Crippen molar-refractivity contribution >= 4 is 17.5 Å². The molecule has 0 amide bonds. The van der Waals surface area contributed by atoms with E-state index in [1.54, 1.807) is 11.8 Å². The third-order valence-corrected chi connectivity index (χ3v) is 4.82. The van der Waals surface area contributed by atoms with Gasteiger partial charge in [0, 0.05) is 10.5 Å². The minimum atomic E-state index is 0.227. The molecule has 2 aromatic rings. The van der Waals surface area contributed by atoms with Crippen molar-refractivity contribution in [2.45, 2.75) is 31.1 Å². The Balaban J connectivity index is 1.66. The molecule has 0 radical (unpaired) electrons. The highest BCUT2D eigenvalue weighted by Gasteiger charge is 2.14. The molecule has 0 fully saturated rings. The van der Waals surface area contributed by atoms with Gasteiger partial charge in [-0.1, -0.05) is 29.8 Å². The van der Waals surface area contributed by atoms with Crippen LogP contribution in [0.25, 0.3) is 0 Å². The van der Waals surface area contributed by atoms with E-state index in [0.29, 0.717) is 5.75 Å². The van der Waals surface area contributed by atoms with Crippen molar-refractivity contribution in [2.24, 2.45) is 0 Å². The number of thioether (sulfide) groups is 1. The monoisotopic (exact) mass is 282 g/mol. The highest BCUT2D eigenvalue weighted by molar-refractivity contribution is 8.00. The number of ketones is 1. The Kier molecular flexibility index (Phi) is 3.93. The first-order valence-corrected chi connectivity index (χ1v) is 8.05. The molecule has 1 aliphatic rings. The molecule has 1 aliphatic carbocycles. The maximum absolute atomic E-state index is 12.3. The normalized spacial score (nSPS) is 13.2. The second-order valence-corrected chi connectivity index (χ2v) is 6.41. The number of carbonyl (C=O) groups is 1. The van der Waals surface area contributed by atoms with Gasteiger partial charge < -0.3 is 0 Å². The van der Waals surface area contributed by atoms with Crippen LogP contribution in [0.2, 0.25) is 0 Å². The lowest BCUT2D eigenvalue weighted by atomic mass is 10.0. The molecule has 0 aromatic heterocycles. The molecule has 2 heteroatoms. The fraction of sp³-hybridized carbons (Fsp3) is 0.278. The van der Waals surface area contributed by atoms with Gasteiger partial charge in [-0.25, -0.2) is 0 Å². The third-order valence-electron chi connectivity index (χ3n) is 3.81. The molecule has 2 aromatic carbocycles. The van der Waals surface area contributed by atoms with E-state index in [1.165, 1.54) is 29.5 Å². The first kappa shape index (κ1) is 13.4. The molecule has 0 spiro atoms. The summed E-state index contributed by atoms with van der Waals surface area (Å²) in [7, 11) is 0. The van der Waals surface area contributed by atoms with Crippen LogP contribution in [0.15, 0.2) is 47.4 Å². The zero-order valence-electron chi connectivity index (χ0n) is 11.7. The van der Waals surface area contributed by atoms with E-state index in [4.69, 9.17) is 0 Å². The average molecular weight is 282 g/mol. The SMILES string of the molecule is Cc1ccc(SCC(=O)c2ccc3c(c2)CCC3)cc1. The summed E-state index contributed by atoms with van der Waals surface area (Å²) >= 11 is 1.62. The number of benzene rings is 2. The number of fused-ring (bicyclic) bond motifs is 1. The maximum atomic E-state index is 12.3. The fourth-order valence-electron chi connectivity index (χ4n) is 2.61. The van der Waals surface area contributed by atoms with Gasteiger partial charge in [-0.05, 0) is 55.5 Å². The summed E-state index contributed by atoms with van der Waals surface area (Å²) in [5, 5.41) is 0. The summed E-state index contributed by atoms with van der Waals surface area (Å²) in [4.78, 5) is 13.4. The van der Waals surface area contributed by atoms with Crippen LogP contribution in [0.4, 0.5) is 0 Å². The van der Waals surface area contributed by atoms with Gasteiger partial charge in [0.1, 0.15) is 0 Å². The van der Waals surface area contributed by atoms with Gasteiger partial charge in [-0.15, -0.1) is 11.8 Å². The fourth-order valence-corrected chi connectivity index (χ4v) is 3.40. The summed E-state index contributed by atoms with van der Waals surface area (Å²) in [5.41, 5.74) is 4.91. The maximum Gasteiger partial charge on any atom is 0.173 e. The Morgan fingerprint density at radius 1 is 1.05 bits per heavy atom. The van der Waals surface area contributed by atoms with Crippen molar-refractivity contribution in [3.63, 3.8) is 0 Å². The van der Waals surface area contributed by atoms with Crippen LogP contribution in [-0.2, 0) is 12.8 Å². The number of Topliss-reactive ketones (excluding diaryl/α,β-unsaturated/α-hetero) is 1. The predicted molar refractivity (Wildman–Crippen MR) is 84.7 cm³/mol. The second-order valence-electron chi connectivity index (χ2n) is 5.36. The minimum absolute atomic E-state index is 0.227. The number of carbonyl (C=O) groups excluding carboxylic acids is 1. The van der Waals surface area contributed by atoms with Crippen molar-refractivity contribution in [1.29, 1.82) is 0 Å². The molecule has 0 saturated heterocycles. The Morgan fingerprint density at radius 3 is 2.60 bits per heavy atom. The zero-order valence-corrected chi connectivity index (χ0v) is 12.5. The Hall–Kier alpha value is -1.54. The van der Waals surface area contributed by atoms with Gasteiger partial charge in [0.25, 0.3) is 0 Å². The first-order valence-electron chi connectivity index (χ1n) is 7.07. The summed E-state index contributed by atoms with van der Waals surface area (Å²) in [6.45, 7) is 2.07. The number of aryl methyl sites for hydroxylation is 3. The molecule has 0 bridgehead atoms. The van der Waals surface area contributed by atoms with Crippen LogP contribution in [0.1, 0.15) is 33.5 Å². The van der Waals surface area contributed by atoms with Crippen LogP contribution in [0.5, 0.6) is 0 Å². The molecule has 1 nitrogen and oxygen atoms in total. The Labute approximate surface area is 124 Å². The molecular formula is C18H18OS. The summed E-state index contributed by atoms with van der Waals surface area (Å²) in [6.07, 6.45) is 3.52. The highest BCUT2D eigenvalue weighted by atomic mass is 32.2. The van der Waals surface area contributed by atoms with Crippen LogP contribution in [0, 0.1) is 6.92 Å². The zero-order chi connectivity index (χ0) is 13.9. The molecule has 102 valence electrons. The average Bonchev–Trinajstić information content (AvgIpc) is 2.93. The van der Waals surface area contributed by atoms with Gasteiger partial charge in [-0.2, -0.15) is 0 Å². The van der Waals surface area contributed by atoms with Crippen molar-refractivity contribution < 1.29 is 4.79 Å². The highest BCUT2D eigenvalue weighted by Crippen LogP contribution is 2.24. The quantitative estimate of drug-likeness (QED) is 0.608. The Morgan fingerprint density at radius 2 is 1.80 bits per heavy atom. The minimum Gasteiger partial charge on any atom is -0.293 e. The van der Waals surface area contributed by atoms with Gasteiger partial charge in [0.2, 0.25) is 0 Å². The lowest BCUT2D eigenvalue weighted by Crippen LogP contribution is -2.03. The molecule has 0 saturated carbocycles.